The van der Waals surface area contributed by atoms with Crippen molar-refractivity contribution in [3.05, 3.63) is 83.0 Å². The Labute approximate surface area is 279 Å². The number of tetrazole rings is 1. The van der Waals surface area contributed by atoms with Gasteiger partial charge in [-0.05, 0) is 85.0 Å². The van der Waals surface area contributed by atoms with E-state index in [1.807, 2.05) is 43.3 Å². The van der Waals surface area contributed by atoms with E-state index in [2.05, 4.69) is 20.3 Å². The highest BCUT2D eigenvalue weighted by molar-refractivity contribution is 5.67. The van der Waals surface area contributed by atoms with E-state index in [-0.39, 0.29) is 48.9 Å². The van der Waals surface area contributed by atoms with E-state index in [0.717, 1.165) is 41.6 Å². The van der Waals surface area contributed by atoms with E-state index in [1.54, 1.807) is 6.20 Å². The first-order valence-corrected chi connectivity index (χ1v) is 16.0. The number of rotatable bonds is 12. The fourth-order valence-corrected chi connectivity index (χ4v) is 6.37. The Balaban J connectivity index is 1.52. The van der Waals surface area contributed by atoms with Crippen LogP contribution in [0.5, 0.6) is 0 Å². The Morgan fingerprint density at radius 2 is 1.51 bits per heavy atom. The quantitative estimate of drug-likeness (QED) is 0.152. The second-order valence-electron chi connectivity index (χ2n) is 12.4. The molecular weight excluding hydrogens is 652 g/mol. The molecule has 9 nitrogen and oxygen atoms in total. The van der Waals surface area contributed by atoms with Gasteiger partial charge in [-0.1, -0.05) is 35.4 Å². The fourth-order valence-electron chi connectivity index (χ4n) is 6.37. The van der Waals surface area contributed by atoms with Crippen LogP contribution < -0.4 is 9.80 Å². The Kier molecular flexibility index (Phi) is 10.8. The zero-order valence-electron chi connectivity index (χ0n) is 27.0. The van der Waals surface area contributed by atoms with Crippen LogP contribution >= 0.6 is 0 Å². The number of hydrogen-bond acceptors (Lipinski definition) is 7. The number of aromatic nitrogens is 5. The maximum absolute atomic E-state index is 13.7. The van der Waals surface area contributed by atoms with Crippen molar-refractivity contribution >= 4 is 17.7 Å². The molecule has 262 valence electrons. The zero-order chi connectivity index (χ0) is 35.3. The van der Waals surface area contributed by atoms with E-state index >= 15 is 0 Å². The van der Waals surface area contributed by atoms with E-state index < -0.39 is 29.4 Å². The van der Waals surface area contributed by atoms with Crippen LogP contribution in [0, 0.1) is 11.8 Å². The molecule has 2 aromatic carbocycles. The lowest BCUT2D eigenvalue weighted by atomic mass is 9.80. The summed E-state index contributed by atoms with van der Waals surface area (Å²) >= 11 is 0. The highest BCUT2D eigenvalue weighted by Crippen LogP contribution is 2.38. The molecule has 15 heteroatoms. The molecule has 0 atom stereocenters. The molecule has 0 saturated heterocycles. The highest BCUT2D eigenvalue weighted by Gasteiger charge is 2.37. The van der Waals surface area contributed by atoms with Crippen molar-refractivity contribution in [3.63, 3.8) is 0 Å². The molecule has 1 aliphatic rings. The van der Waals surface area contributed by atoms with Crippen molar-refractivity contribution in [2.24, 2.45) is 18.9 Å². The summed E-state index contributed by atoms with van der Waals surface area (Å²) in [6, 6.07) is 12.9. The van der Waals surface area contributed by atoms with Gasteiger partial charge in [0.25, 0.3) is 5.95 Å². The van der Waals surface area contributed by atoms with Crippen LogP contribution in [0.1, 0.15) is 61.3 Å². The number of aliphatic carboxylic acids is 1. The van der Waals surface area contributed by atoms with E-state index in [0.29, 0.717) is 36.6 Å². The summed E-state index contributed by atoms with van der Waals surface area (Å²) in [6.07, 6.45) is -4.76. The summed E-state index contributed by atoms with van der Waals surface area (Å²) in [5.74, 6) is 0.266. The minimum absolute atomic E-state index is 0.00580. The zero-order valence-corrected chi connectivity index (χ0v) is 27.0. The average Bonchev–Trinajstić information content (AvgIpc) is 3.49. The molecule has 0 aliphatic heterocycles. The van der Waals surface area contributed by atoms with Crippen LogP contribution in [-0.2, 0) is 37.3 Å². The number of nitrogens with zero attached hydrogens (tertiary/aromatic N) is 7. The minimum Gasteiger partial charge on any atom is -0.481 e. The van der Waals surface area contributed by atoms with E-state index in [1.165, 1.54) is 11.9 Å². The smallest absolute Gasteiger partial charge is 0.416 e. The molecule has 0 spiro atoms. The summed E-state index contributed by atoms with van der Waals surface area (Å²) in [5.41, 5.74) is -0.734. The first-order valence-electron chi connectivity index (χ1n) is 16.0. The first-order chi connectivity index (χ1) is 23.2. The lowest BCUT2D eigenvalue weighted by Gasteiger charge is -2.34. The number of carboxylic acids is 1. The SMILES string of the molecule is CCN(C[C@H]1CC[C@H](CC(=O)O)CC1)c1ncc(-c2ccccc2)cc1CN(Cc1cc(C(F)(F)F)cc(C(F)(F)F)c1)c1nnn(C)n1. The third kappa shape index (κ3) is 9.27. The largest absolute Gasteiger partial charge is 0.481 e. The van der Waals surface area contributed by atoms with Crippen molar-refractivity contribution in [1.29, 1.82) is 0 Å². The summed E-state index contributed by atoms with van der Waals surface area (Å²) in [7, 11) is 1.51. The van der Waals surface area contributed by atoms with Gasteiger partial charge in [0.1, 0.15) is 5.82 Å². The van der Waals surface area contributed by atoms with Gasteiger partial charge >= 0.3 is 18.3 Å². The second-order valence-corrected chi connectivity index (χ2v) is 12.4. The van der Waals surface area contributed by atoms with Gasteiger partial charge in [0.2, 0.25) is 0 Å². The Bertz CT molecular complexity index is 1690. The number of benzene rings is 2. The van der Waals surface area contributed by atoms with Crippen LogP contribution in [0.15, 0.2) is 60.8 Å². The number of anilines is 2. The van der Waals surface area contributed by atoms with Crippen molar-refractivity contribution in [2.45, 2.75) is 64.5 Å². The number of alkyl halides is 6. The molecular formula is C34H37F6N7O2. The van der Waals surface area contributed by atoms with Gasteiger partial charge in [-0.15, -0.1) is 5.10 Å². The summed E-state index contributed by atoms with van der Waals surface area (Å²) in [6.45, 7) is 2.82. The highest BCUT2D eigenvalue weighted by atomic mass is 19.4. The predicted octanol–water partition coefficient (Wildman–Crippen LogP) is 7.62. The number of aryl methyl sites for hydroxylation is 1. The molecule has 1 fully saturated rings. The molecule has 0 radical (unpaired) electrons. The Morgan fingerprint density at radius 3 is 2.06 bits per heavy atom. The average molecular weight is 690 g/mol. The molecule has 0 amide bonds. The molecule has 0 unspecified atom stereocenters. The van der Waals surface area contributed by atoms with E-state index in [9.17, 15) is 36.2 Å². The molecule has 49 heavy (non-hydrogen) atoms. The molecule has 1 saturated carbocycles. The number of carboxylic acid groups (broad SMARTS) is 1. The number of pyridine rings is 1. The third-order valence-electron chi connectivity index (χ3n) is 8.80. The van der Waals surface area contributed by atoms with Crippen molar-refractivity contribution < 1.29 is 36.2 Å². The third-order valence-corrected chi connectivity index (χ3v) is 8.80. The van der Waals surface area contributed by atoms with Gasteiger partial charge in [0, 0.05) is 49.9 Å². The van der Waals surface area contributed by atoms with Crippen LogP contribution in [0.4, 0.5) is 38.1 Å². The Hall–Kier alpha value is -4.69. The predicted molar refractivity (Wildman–Crippen MR) is 170 cm³/mol. The Morgan fingerprint density at radius 1 is 0.878 bits per heavy atom. The van der Waals surface area contributed by atoms with Gasteiger partial charge in [-0.3, -0.25) is 4.79 Å². The van der Waals surface area contributed by atoms with Crippen molar-refractivity contribution in [2.75, 3.05) is 22.9 Å². The molecule has 1 aliphatic carbocycles. The minimum atomic E-state index is -5.00. The van der Waals surface area contributed by atoms with Crippen LogP contribution in [0.2, 0.25) is 0 Å². The van der Waals surface area contributed by atoms with Gasteiger partial charge in [0.15, 0.2) is 0 Å². The van der Waals surface area contributed by atoms with E-state index in [4.69, 9.17) is 4.98 Å². The maximum atomic E-state index is 13.7. The second kappa shape index (κ2) is 14.8. The standard InChI is InChI=1S/C34H37F6N7O2/c1-3-46(19-23-11-9-22(10-12-23)15-30(48)49)31-27(16-26(18-41-31)25-7-5-4-6-8-25)21-47(32-42-44-45(2)43-32)20-24-13-28(33(35,36)37)17-29(14-24)34(38,39)40/h4-8,13-14,16-18,22-23H,3,9-12,15,19-21H2,1-2H3,(H,48,49)/t22-,23-. The summed E-state index contributed by atoms with van der Waals surface area (Å²) in [4.78, 5) is 20.8. The van der Waals surface area contributed by atoms with Gasteiger partial charge < -0.3 is 14.9 Å². The number of carbonyl (C=O) groups is 1. The molecule has 2 heterocycles. The van der Waals surface area contributed by atoms with Crippen LogP contribution in [0.25, 0.3) is 11.1 Å². The molecule has 4 aromatic rings. The molecule has 0 bridgehead atoms. The monoisotopic (exact) mass is 689 g/mol. The lowest BCUT2D eigenvalue weighted by molar-refractivity contribution is -0.143. The lowest BCUT2D eigenvalue weighted by Crippen LogP contribution is -2.34. The van der Waals surface area contributed by atoms with Gasteiger partial charge in [-0.2, -0.15) is 31.1 Å². The van der Waals surface area contributed by atoms with Crippen LogP contribution in [0.3, 0.4) is 0 Å². The topological polar surface area (TPSA) is 100 Å². The normalized spacial score (nSPS) is 16.8. The summed E-state index contributed by atoms with van der Waals surface area (Å²) in [5, 5.41) is 21.4. The number of halogens is 6. The fraction of sp³-hybridized carbons (Fsp3) is 0.441. The molecule has 2 aromatic heterocycles. The number of hydrogen-bond donors (Lipinski definition) is 1. The van der Waals surface area contributed by atoms with Crippen LogP contribution in [-0.4, -0.2) is 49.4 Å². The van der Waals surface area contributed by atoms with Crippen molar-refractivity contribution in [3.8, 4) is 11.1 Å². The molecule has 1 N–H and O–H groups in total. The van der Waals surface area contributed by atoms with Gasteiger partial charge in [0.05, 0.1) is 18.2 Å². The maximum Gasteiger partial charge on any atom is 0.416 e. The molecule has 5 rings (SSSR count). The first kappa shape index (κ1) is 35.6. The summed E-state index contributed by atoms with van der Waals surface area (Å²) < 4.78 is 82.5. The van der Waals surface area contributed by atoms with Gasteiger partial charge in [-0.25, -0.2) is 4.98 Å². The van der Waals surface area contributed by atoms with Crippen molar-refractivity contribution in [1.82, 2.24) is 25.2 Å².